The van der Waals surface area contributed by atoms with E-state index in [1.165, 1.54) is 10.9 Å². The number of hydrogen-bond donors (Lipinski definition) is 1. The predicted molar refractivity (Wildman–Crippen MR) is 83.9 cm³/mol. The summed E-state index contributed by atoms with van der Waals surface area (Å²) >= 11 is 0. The number of para-hydroxylation sites is 1. The molecule has 1 aromatic carbocycles. The summed E-state index contributed by atoms with van der Waals surface area (Å²) in [6.45, 7) is 7.36. The van der Waals surface area contributed by atoms with Crippen molar-refractivity contribution < 1.29 is 4.74 Å². The van der Waals surface area contributed by atoms with Crippen molar-refractivity contribution in [2.45, 2.75) is 38.8 Å². The van der Waals surface area contributed by atoms with Gasteiger partial charge in [-0.05, 0) is 38.4 Å². The topological polar surface area (TPSA) is 34.2 Å². The lowest BCUT2D eigenvalue weighted by molar-refractivity contribution is -0.0107. The van der Waals surface area contributed by atoms with Crippen molar-refractivity contribution in [1.82, 2.24) is 10.3 Å². The van der Waals surface area contributed by atoms with Crippen LogP contribution in [0.15, 0.2) is 36.5 Å². The molecule has 0 aliphatic heterocycles. The van der Waals surface area contributed by atoms with E-state index in [1.807, 2.05) is 12.3 Å². The fourth-order valence-electron chi connectivity index (χ4n) is 2.50. The Bertz CT molecular complexity index is 560. The first-order valence-electron chi connectivity index (χ1n) is 7.22. The Balaban J connectivity index is 2.50. The molecule has 3 nitrogen and oxygen atoms in total. The highest BCUT2D eigenvalue weighted by Gasteiger charge is 2.31. The smallest absolute Gasteiger partial charge is 0.0817 e. The van der Waals surface area contributed by atoms with E-state index in [1.54, 1.807) is 7.11 Å². The molecule has 1 aromatic heterocycles. The molecular formula is C17H24N2O. The van der Waals surface area contributed by atoms with Gasteiger partial charge in [-0.2, -0.15) is 0 Å². The van der Waals surface area contributed by atoms with Crippen LogP contribution in [0.3, 0.4) is 0 Å². The third-order valence-electron chi connectivity index (χ3n) is 3.79. The molecule has 0 bridgehead atoms. The van der Waals surface area contributed by atoms with Crippen LogP contribution in [0.5, 0.6) is 0 Å². The van der Waals surface area contributed by atoms with Crippen LogP contribution in [0, 0.1) is 0 Å². The van der Waals surface area contributed by atoms with E-state index in [0.29, 0.717) is 0 Å². The van der Waals surface area contributed by atoms with Crippen molar-refractivity contribution >= 4 is 10.9 Å². The van der Waals surface area contributed by atoms with Crippen LogP contribution in [-0.2, 0) is 4.74 Å². The van der Waals surface area contributed by atoms with Crippen LogP contribution >= 0.6 is 0 Å². The predicted octanol–water partition coefficient (Wildman–Crippen LogP) is 3.70. The summed E-state index contributed by atoms with van der Waals surface area (Å²) < 4.78 is 5.71. The molecule has 108 valence electrons. The Kier molecular flexibility index (Phi) is 4.73. The molecule has 1 N–H and O–H groups in total. The summed E-state index contributed by atoms with van der Waals surface area (Å²) in [5.74, 6) is 0. The highest BCUT2D eigenvalue weighted by atomic mass is 16.5. The van der Waals surface area contributed by atoms with Gasteiger partial charge in [-0.15, -0.1) is 0 Å². The average Bonchev–Trinajstić information content (AvgIpc) is 2.47. The fourth-order valence-corrected chi connectivity index (χ4v) is 2.50. The maximum atomic E-state index is 5.71. The van der Waals surface area contributed by atoms with Gasteiger partial charge in [0.15, 0.2) is 0 Å². The van der Waals surface area contributed by atoms with Gasteiger partial charge in [0.25, 0.3) is 0 Å². The van der Waals surface area contributed by atoms with Gasteiger partial charge in [-0.1, -0.05) is 31.2 Å². The van der Waals surface area contributed by atoms with Gasteiger partial charge >= 0.3 is 0 Å². The molecule has 3 heteroatoms. The highest BCUT2D eigenvalue weighted by molar-refractivity contribution is 5.82. The van der Waals surface area contributed by atoms with Gasteiger partial charge in [0.05, 0.1) is 17.2 Å². The molecule has 0 spiro atoms. The quantitative estimate of drug-likeness (QED) is 0.870. The van der Waals surface area contributed by atoms with E-state index >= 15 is 0 Å². The zero-order valence-electron chi connectivity index (χ0n) is 12.8. The minimum Gasteiger partial charge on any atom is -0.377 e. The van der Waals surface area contributed by atoms with Crippen molar-refractivity contribution in [3.63, 3.8) is 0 Å². The van der Waals surface area contributed by atoms with Gasteiger partial charge < -0.3 is 10.1 Å². The number of benzene rings is 1. The molecule has 0 amide bonds. The minimum atomic E-state index is -0.291. The lowest BCUT2D eigenvalue weighted by Gasteiger charge is -2.34. The Labute approximate surface area is 121 Å². The Morgan fingerprint density at radius 3 is 2.70 bits per heavy atom. The fraction of sp³-hybridized carbons (Fsp3) is 0.471. The van der Waals surface area contributed by atoms with E-state index in [2.05, 4.69) is 55.3 Å². The summed E-state index contributed by atoms with van der Waals surface area (Å²) in [4.78, 5) is 4.56. The van der Waals surface area contributed by atoms with Gasteiger partial charge in [0, 0.05) is 18.7 Å². The largest absolute Gasteiger partial charge is 0.377 e. The summed E-state index contributed by atoms with van der Waals surface area (Å²) in [7, 11) is 1.76. The molecule has 1 heterocycles. The standard InChI is InChI=1S/C17H24N2O/c1-5-11-19-16(17(2,3)20-4)14-10-6-8-13-9-7-12-18-15(13)14/h6-10,12,16,19H,5,11H2,1-4H3. The van der Waals surface area contributed by atoms with E-state index in [4.69, 9.17) is 4.74 Å². The van der Waals surface area contributed by atoms with Crippen LogP contribution in [0.4, 0.5) is 0 Å². The second kappa shape index (κ2) is 6.33. The molecule has 20 heavy (non-hydrogen) atoms. The van der Waals surface area contributed by atoms with Crippen molar-refractivity contribution in [2.75, 3.05) is 13.7 Å². The van der Waals surface area contributed by atoms with E-state index < -0.39 is 0 Å². The minimum absolute atomic E-state index is 0.117. The van der Waals surface area contributed by atoms with Crippen LogP contribution in [-0.4, -0.2) is 24.2 Å². The number of hydrogen-bond acceptors (Lipinski definition) is 3. The van der Waals surface area contributed by atoms with Crippen LogP contribution in [0.1, 0.15) is 38.8 Å². The van der Waals surface area contributed by atoms with E-state index in [9.17, 15) is 0 Å². The highest BCUT2D eigenvalue weighted by Crippen LogP contribution is 2.32. The van der Waals surface area contributed by atoms with Gasteiger partial charge in [0.1, 0.15) is 0 Å². The molecule has 2 aromatic rings. The monoisotopic (exact) mass is 272 g/mol. The first-order valence-corrected chi connectivity index (χ1v) is 7.22. The maximum Gasteiger partial charge on any atom is 0.0817 e. The molecule has 2 rings (SSSR count). The number of nitrogens with one attached hydrogen (secondary N) is 1. The summed E-state index contributed by atoms with van der Waals surface area (Å²) in [5, 5.41) is 4.77. The Morgan fingerprint density at radius 1 is 1.25 bits per heavy atom. The zero-order chi connectivity index (χ0) is 14.6. The van der Waals surface area contributed by atoms with Crippen molar-refractivity contribution in [2.24, 2.45) is 0 Å². The first-order chi connectivity index (χ1) is 9.60. The summed E-state index contributed by atoms with van der Waals surface area (Å²) in [6, 6.07) is 10.5. The molecule has 0 fully saturated rings. The van der Waals surface area contributed by atoms with Crippen molar-refractivity contribution in [1.29, 1.82) is 0 Å². The number of rotatable bonds is 6. The van der Waals surface area contributed by atoms with Gasteiger partial charge in [-0.25, -0.2) is 0 Å². The second-order valence-electron chi connectivity index (χ2n) is 5.62. The Hall–Kier alpha value is -1.45. The molecule has 0 radical (unpaired) electrons. The van der Waals surface area contributed by atoms with Crippen LogP contribution < -0.4 is 5.32 Å². The second-order valence-corrected chi connectivity index (χ2v) is 5.62. The molecule has 1 unspecified atom stereocenters. The third-order valence-corrected chi connectivity index (χ3v) is 3.79. The van der Waals surface area contributed by atoms with Crippen molar-refractivity contribution in [3.05, 3.63) is 42.1 Å². The average molecular weight is 272 g/mol. The number of aromatic nitrogens is 1. The normalized spacial score (nSPS) is 13.6. The molecule has 0 saturated carbocycles. The van der Waals surface area contributed by atoms with Crippen molar-refractivity contribution in [3.8, 4) is 0 Å². The van der Waals surface area contributed by atoms with E-state index in [0.717, 1.165) is 18.5 Å². The molecule has 0 aliphatic carbocycles. The number of ether oxygens (including phenoxy) is 1. The van der Waals surface area contributed by atoms with Crippen LogP contribution in [0.25, 0.3) is 10.9 Å². The van der Waals surface area contributed by atoms with E-state index in [-0.39, 0.29) is 11.6 Å². The number of fused-ring (bicyclic) bond motifs is 1. The lowest BCUT2D eigenvalue weighted by atomic mass is 9.90. The number of methoxy groups -OCH3 is 1. The Morgan fingerprint density at radius 2 is 2.00 bits per heavy atom. The summed E-state index contributed by atoms with van der Waals surface area (Å²) in [5.41, 5.74) is 1.96. The molecule has 1 atom stereocenters. The van der Waals surface area contributed by atoms with Crippen LogP contribution in [0.2, 0.25) is 0 Å². The molecule has 0 saturated heterocycles. The molecular weight excluding hydrogens is 248 g/mol. The van der Waals surface area contributed by atoms with Gasteiger partial charge in [0.2, 0.25) is 0 Å². The molecule has 0 aliphatic rings. The third kappa shape index (κ3) is 3.00. The number of pyridine rings is 1. The number of nitrogens with zero attached hydrogens (tertiary/aromatic N) is 1. The summed E-state index contributed by atoms with van der Waals surface area (Å²) in [6.07, 6.45) is 2.94. The maximum absolute atomic E-state index is 5.71. The SMILES string of the molecule is CCCNC(c1cccc2cccnc12)C(C)(C)OC. The zero-order valence-corrected chi connectivity index (χ0v) is 12.8. The van der Waals surface area contributed by atoms with Gasteiger partial charge in [-0.3, -0.25) is 4.98 Å². The lowest BCUT2D eigenvalue weighted by Crippen LogP contribution is -2.41. The first kappa shape index (κ1) is 14.9.